The van der Waals surface area contributed by atoms with Crippen LogP contribution in [-0.2, 0) is 13.6 Å². The third-order valence-electron chi connectivity index (χ3n) is 3.56. The predicted molar refractivity (Wildman–Crippen MR) is 96.3 cm³/mol. The molecule has 5 nitrogen and oxygen atoms in total. The van der Waals surface area contributed by atoms with Crippen molar-refractivity contribution in [1.82, 2.24) is 0 Å². The van der Waals surface area contributed by atoms with Gasteiger partial charge < -0.3 is 18.9 Å². The molecule has 0 bridgehead atoms. The highest BCUT2D eigenvalue weighted by atomic mass is 79.9. The fraction of sp³-hybridized carbons (Fsp3) is 0.467. The molecule has 1 N–H and O–H groups in total. The van der Waals surface area contributed by atoms with Crippen LogP contribution in [0.3, 0.4) is 0 Å². The molecule has 0 amide bonds. The fourth-order valence-electron chi connectivity index (χ4n) is 2.46. The summed E-state index contributed by atoms with van der Waals surface area (Å²) in [5.41, 5.74) is -0.197. The molecule has 1 aliphatic heterocycles. The van der Waals surface area contributed by atoms with Crippen molar-refractivity contribution in [2.45, 2.75) is 32.1 Å². The summed E-state index contributed by atoms with van der Waals surface area (Å²) in [6.07, 6.45) is -8.25. The van der Waals surface area contributed by atoms with Crippen molar-refractivity contribution in [3.63, 3.8) is 0 Å². The normalized spacial score (nSPS) is 18.1. The lowest BCUT2D eigenvalue weighted by Gasteiger charge is -2.34. The van der Waals surface area contributed by atoms with Crippen LogP contribution in [0.1, 0.15) is 25.5 Å². The highest BCUT2D eigenvalue weighted by molar-refractivity contribution is 9.11. The Kier molecular flexibility index (Phi) is 7.05. The van der Waals surface area contributed by atoms with Crippen molar-refractivity contribution >= 4 is 39.5 Å². The first-order valence-electron chi connectivity index (χ1n) is 7.73. The molecule has 28 heavy (non-hydrogen) atoms. The number of rotatable bonds is 6. The van der Waals surface area contributed by atoms with Gasteiger partial charge in [-0.1, -0.05) is 15.9 Å². The standard InChI is InChI=1S/C15H14Br2F5O5P/c1-3-25-28(24,26-4-2)12-10(23)8-5-7(16)6-9(17)11(8)27-13(12)14(18,19)15(20,21)22/h5-6,10,23H,3-4H2,1-2H3. The van der Waals surface area contributed by atoms with Crippen LogP contribution in [0, 0.1) is 0 Å². The Balaban J connectivity index is 2.86. The molecule has 0 aliphatic carbocycles. The van der Waals surface area contributed by atoms with Crippen LogP contribution < -0.4 is 4.74 Å². The van der Waals surface area contributed by atoms with Gasteiger partial charge >= 0.3 is 19.7 Å². The largest absolute Gasteiger partial charge is 0.461 e. The monoisotopic (exact) mass is 558 g/mol. The maximum Gasteiger partial charge on any atom is 0.461 e. The number of hydrogen-bond acceptors (Lipinski definition) is 5. The molecule has 13 heteroatoms. The summed E-state index contributed by atoms with van der Waals surface area (Å²) in [6, 6.07) is 2.56. The molecular formula is C15H14Br2F5O5P. The molecule has 0 spiro atoms. The van der Waals surface area contributed by atoms with Gasteiger partial charge in [0.05, 0.1) is 17.7 Å². The van der Waals surface area contributed by atoms with Gasteiger partial charge in [0.2, 0.25) is 0 Å². The van der Waals surface area contributed by atoms with Crippen LogP contribution in [-0.4, -0.2) is 30.4 Å². The van der Waals surface area contributed by atoms with Gasteiger partial charge in [-0.15, -0.1) is 0 Å². The van der Waals surface area contributed by atoms with Gasteiger partial charge in [0.25, 0.3) is 0 Å². The van der Waals surface area contributed by atoms with E-state index in [1.807, 2.05) is 0 Å². The molecule has 2 rings (SSSR count). The van der Waals surface area contributed by atoms with E-state index in [0.717, 1.165) is 0 Å². The van der Waals surface area contributed by atoms with Crippen molar-refractivity contribution in [1.29, 1.82) is 0 Å². The number of fused-ring (bicyclic) bond motifs is 1. The Morgan fingerprint density at radius 2 is 1.68 bits per heavy atom. The molecule has 1 aromatic rings. The molecule has 0 radical (unpaired) electrons. The van der Waals surface area contributed by atoms with Gasteiger partial charge in [0.15, 0.2) is 5.76 Å². The minimum Gasteiger partial charge on any atom is -0.453 e. The first kappa shape index (κ1) is 23.8. The Bertz CT molecular complexity index is 833. The number of aliphatic hydroxyl groups is 1. The summed E-state index contributed by atoms with van der Waals surface area (Å²) in [5.74, 6) is -8.08. The lowest BCUT2D eigenvalue weighted by molar-refractivity contribution is -0.273. The van der Waals surface area contributed by atoms with Crippen molar-refractivity contribution in [2.75, 3.05) is 13.2 Å². The number of ether oxygens (including phenoxy) is 1. The van der Waals surface area contributed by atoms with Crippen LogP contribution in [0.4, 0.5) is 22.0 Å². The SMILES string of the molecule is CCOP(=O)(OCC)C1=C(C(F)(F)C(F)(F)F)Oc2c(Br)cc(Br)cc2C1O. The van der Waals surface area contributed by atoms with Crippen molar-refractivity contribution in [3.05, 3.63) is 37.7 Å². The Morgan fingerprint density at radius 1 is 1.14 bits per heavy atom. The zero-order valence-electron chi connectivity index (χ0n) is 14.3. The molecule has 1 heterocycles. The van der Waals surface area contributed by atoms with Crippen LogP contribution >= 0.6 is 39.5 Å². The van der Waals surface area contributed by atoms with Gasteiger partial charge in [0.1, 0.15) is 17.2 Å². The van der Waals surface area contributed by atoms with E-state index in [9.17, 15) is 31.6 Å². The number of allylic oxidation sites excluding steroid dienone is 1. The summed E-state index contributed by atoms with van der Waals surface area (Å²) in [5, 5.41) is 9.35. The van der Waals surface area contributed by atoms with E-state index in [1.54, 1.807) is 0 Å². The van der Waals surface area contributed by atoms with E-state index in [1.165, 1.54) is 26.0 Å². The molecule has 0 fully saturated rings. The second kappa shape index (κ2) is 8.31. The van der Waals surface area contributed by atoms with Crippen molar-refractivity contribution in [2.24, 2.45) is 0 Å². The minimum absolute atomic E-state index is 0.00639. The maximum absolute atomic E-state index is 14.3. The summed E-state index contributed by atoms with van der Waals surface area (Å²) in [6.45, 7) is 2.00. The minimum atomic E-state index is -6.09. The van der Waals surface area contributed by atoms with Crippen molar-refractivity contribution < 1.29 is 45.4 Å². The van der Waals surface area contributed by atoms with Gasteiger partial charge in [-0.2, -0.15) is 22.0 Å². The molecule has 0 aromatic heterocycles. The smallest absolute Gasteiger partial charge is 0.453 e. The number of alkyl halides is 5. The van der Waals surface area contributed by atoms with Crippen LogP contribution in [0.5, 0.6) is 5.75 Å². The topological polar surface area (TPSA) is 65.0 Å². The van der Waals surface area contributed by atoms with Gasteiger partial charge in [-0.25, -0.2) is 0 Å². The summed E-state index contributed by atoms with van der Waals surface area (Å²) >= 11 is 6.11. The summed E-state index contributed by atoms with van der Waals surface area (Å²) < 4.78 is 95.9. The first-order valence-corrected chi connectivity index (χ1v) is 10.9. The first-order chi connectivity index (χ1) is 12.8. The van der Waals surface area contributed by atoms with Gasteiger partial charge in [-0.05, 0) is 41.9 Å². The van der Waals surface area contributed by atoms with E-state index in [4.69, 9.17) is 13.8 Å². The molecule has 158 valence electrons. The molecule has 1 aliphatic rings. The average molecular weight is 560 g/mol. The van der Waals surface area contributed by atoms with Crippen molar-refractivity contribution in [3.8, 4) is 5.75 Å². The van der Waals surface area contributed by atoms with Crippen LogP contribution in [0.2, 0.25) is 0 Å². The molecular weight excluding hydrogens is 546 g/mol. The third kappa shape index (κ3) is 4.17. The molecule has 0 saturated heterocycles. The lowest BCUT2D eigenvalue weighted by atomic mass is 10.0. The van der Waals surface area contributed by atoms with E-state index >= 15 is 0 Å². The van der Waals surface area contributed by atoms with E-state index in [2.05, 4.69) is 31.9 Å². The van der Waals surface area contributed by atoms with Crippen LogP contribution in [0.15, 0.2) is 32.2 Å². The highest BCUT2D eigenvalue weighted by Gasteiger charge is 2.65. The third-order valence-corrected chi connectivity index (χ3v) is 6.84. The maximum atomic E-state index is 14.3. The second-order valence-corrected chi connectivity index (χ2v) is 9.19. The van der Waals surface area contributed by atoms with E-state index < -0.39 is 42.6 Å². The zero-order valence-corrected chi connectivity index (χ0v) is 18.4. The summed E-state index contributed by atoms with van der Waals surface area (Å²) in [4.78, 5) is 0. The van der Waals surface area contributed by atoms with Gasteiger partial charge in [0, 0.05) is 10.0 Å². The molecule has 1 atom stereocenters. The molecule has 1 unspecified atom stereocenters. The number of hydrogen-bond donors (Lipinski definition) is 1. The predicted octanol–water partition coefficient (Wildman–Crippen LogP) is 6.31. The second-order valence-electron chi connectivity index (χ2n) is 5.43. The zero-order chi connectivity index (χ0) is 21.5. The lowest BCUT2D eigenvalue weighted by Crippen LogP contribution is -2.42. The number of aliphatic hydroxyl groups excluding tert-OH is 1. The molecule has 0 saturated carbocycles. The summed E-state index contributed by atoms with van der Waals surface area (Å²) in [7, 11) is -4.76. The van der Waals surface area contributed by atoms with E-state index in [-0.39, 0.29) is 23.2 Å². The Labute approximate surface area is 173 Å². The molecule has 1 aromatic carbocycles. The average Bonchev–Trinajstić information content (AvgIpc) is 2.54. The number of benzene rings is 1. The Morgan fingerprint density at radius 3 is 2.14 bits per heavy atom. The van der Waals surface area contributed by atoms with E-state index in [0.29, 0.717) is 4.47 Å². The van der Waals surface area contributed by atoms with Crippen LogP contribution in [0.25, 0.3) is 0 Å². The quantitative estimate of drug-likeness (QED) is 0.327. The van der Waals surface area contributed by atoms with Gasteiger partial charge in [-0.3, -0.25) is 4.57 Å². The highest BCUT2D eigenvalue weighted by Crippen LogP contribution is 2.66. The fourth-order valence-corrected chi connectivity index (χ4v) is 5.71. The Hall–Kier alpha value is -0.520. The number of halogens is 7.